The van der Waals surface area contributed by atoms with Gasteiger partial charge in [-0.2, -0.15) is 0 Å². The van der Waals surface area contributed by atoms with Gasteiger partial charge in [-0.3, -0.25) is 9.78 Å². The molecule has 1 N–H and O–H groups in total. The van der Waals surface area contributed by atoms with E-state index in [4.69, 9.17) is 16.3 Å². The third kappa shape index (κ3) is 2.85. The molecule has 21 heavy (non-hydrogen) atoms. The van der Waals surface area contributed by atoms with Gasteiger partial charge in [0.2, 0.25) is 0 Å². The van der Waals surface area contributed by atoms with Crippen LogP contribution in [0.25, 0.3) is 5.57 Å². The summed E-state index contributed by atoms with van der Waals surface area (Å²) >= 11 is 6.16. The highest BCUT2D eigenvalue weighted by Gasteiger charge is 2.35. The minimum Gasteiger partial charge on any atom is -0.412 e. The maximum atomic E-state index is 12.2. The van der Waals surface area contributed by atoms with E-state index >= 15 is 0 Å². The van der Waals surface area contributed by atoms with Gasteiger partial charge in [-0.1, -0.05) is 11.6 Å². The molecule has 2 amide bonds. The smallest absolute Gasteiger partial charge is 0.412 e. The third-order valence-electron chi connectivity index (χ3n) is 3.12. The number of rotatable bonds is 2. The second-order valence-electron chi connectivity index (χ2n) is 5.01. The number of aromatic nitrogens is 1. The first-order chi connectivity index (χ1) is 9.82. The highest BCUT2D eigenvalue weighted by molar-refractivity contribution is 6.35. The number of amides is 2. The number of nitrogens with zero attached hydrogens (tertiary/aromatic N) is 2. The molecule has 1 unspecified atom stereocenters. The maximum Gasteiger partial charge on any atom is 0.414 e. The molecule has 0 spiro atoms. The number of hydrogen-bond acceptors (Lipinski definition) is 4. The normalized spacial score (nSPS) is 17.8. The number of halogens is 1. The quantitative estimate of drug-likeness (QED) is 0.906. The molecule has 1 aromatic heterocycles. The van der Waals surface area contributed by atoms with Crippen LogP contribution in [0.1, 0.15) is 18.1 Å². The maximum absolute atomic E-state index is 12.2. The van der Waals surface area contributed by atoms with Gasteiger partial charge in [0.05, 0.1) is 16.6 Å². The van der Waals surface area contributed by atoms with Crippen LogP contribution in [0.5, 0.6) is 0 Å². The van der Waals surface area contributed by atoms with E-state index in [1.54, 1.807) is 34.1 Å². The third-order valence-corrected chi connectivity index (χ3v) is 3.40. The predicted octanol–water partition coefficient (Wildman–Crippen LogP) is 1.97. The minimum absolute atomic E-state index is 0.273. The number of hydrogen-bond donors (Lipinski definition) is 1. The van der Waals surface area contributed by atoms with Crippen molar-refractivity contribution in [2.75, 3.05) is 14.1 Å². The molecule has 1 aliphatic rings. The molecule has 2 rings (SSSR count). The van der Waals surface area contributed by atoms with Crippen molar-refractivity contribution in [2.24, 2.45) is 0 Å². The SMILES string of the molecule is Cc1cncc(Cl)c1C1=C(OC(=O)N(C)C)C(C)NC1=O. The topological polar surface area (TPSA) is 71.5 Å². The van der Waals surface area contributed by atoms with Crippen molar-refractivity contribution in [1.82, 2.24) is 15.2 Å². The minimum atomic E-state index is -0.548. The summed E-state index contributed by atoms with van der Waals surface area (Å²) in [4.78, 5) is 29.2. The van der Waals surface area contributed by atoms with Crippen LogP contribution in [0.15, 0.2) is 18.2 Å². The largest absolute Gasteiger partial charge is 0.414 e. The Morgan fingerprint density at radius 3 is 2.67 bits per heavy atom. The van der Waals surface area contributed by atoms with E-state index in [-0.39, 0.29) is 17.2 Å². The van der Waals surface area contributed by atoms with Crippen LogP contribution in [0, 0.1) is 6.92 Å². The van der Waals surface area contributed by atoms with Gasteiger partial charge in [-0.05, 0) is 19.4 Å². The summed E-state index contributed by atoms with van der Waals surface area (Å²) in [5.74, 6) is -0.0462. The van der Waals surface area contributed by atoms with Crippen LogP contribution in [0.4, 0.5) is 4.79 Å². The Labute approximate surface area is 127 Å². The number of pyridine rings is 1. The van der Waals surface area contributed by atoms with Crippen molar-refractivity contribution in [3.63, 3.8) is 0 Å². The lowest BCUT2D eigenvalue weighted by atomic mass is 10.0. The zero-order valence-corrected chi connectivity index (χ0v) is 13.0. The van der Waals surface area contributed by atoms with Crippen LogP contribution in [0.3, 0.4) is 0 Å². The lowest BCUT2D eigenvalue weighted by Crippen LogP contribution is -2.29. The fourth-order valence-corrected chi connectivity index (χ4v) is 2.37. The zero-order valence-electron chi connectivity index (χ0n) is 12.2. The van der Waals surface area contributed by atoms with Crippen molar-refractivity contribution in [2.45, 2.75) is 19.9 Å². The number of ether oxygens (including phenoxy) is 1. The highest BCUT2D eigenvalue weighted by atomic mass is 35.5. The van der Waals surface area contributed by atoms with Gasteiger partial charge in [-0.15, -0.1) is 0 Å². The van der Waals surface area contributed by atoms with Crippen LogP contribution in [-0.2, 0) is 9.53 Å². The van der Waals surface area contributed by atoms with Gasteiger partial charge in [0.15, 0.2) is 0 Å². The van der Waals surface area contributed by atoms with E-state index in [1.165, 1.54) is 11.1 Å². The molecule has 0 fully saturated rings. The molecule has 0 radical (unpaired) electrons. The average molecular weight is 310 g/mol. The van der Waals surface area contributed by atoms with Gasteiger partial charge in [0.25, 0.3) is 5.91 Å². The predicted molar refractivity (Wildman–Crippen MR) is 78.7 cm³/mol. The number of nitrogens with one attached hydrogen (secondary N) is 1. The summed E-state index contributed by atoms with van der Waals surface area (Å²) in [5, 5.41) is 3.07. The van der Waals surface area contributed by atoms with E-state index in [0.29, 0.717) is 10.6 Å². The van der Waals surface area contributed by atoms with E-state index in [0.717, 1.165) is 5.56 Å². The summed E-state index contributed by atoms with van der Waals surface area (Å²) in [6.45, 7) is 3.54. The summed E-state index contributed by atoms with van der Waals surface area (Å²) < 4.78 is 5.34. The molecule has 7 heteroatoms. The Balaban J connectivity index is 2.57. The van der Waals surface area contributed by atoms with Crippen molar-refractivity contribution < 1.29 is 14.3 Å². The van der Waals surface area contributed by atoms with E-state index in [9.17, 15) is 9.59 Å². The molecular weight excluding hydrogens is 294 g/mol. The molecule has 0 saturated heterocycles. The molecule has 1 aliphatic heterocycles. The molecule has 2 heterocycles. The van der Waals surface area contributed by atoms with Crippen LogP contribution >= 0.6 is 11.6 Å². The van der Waals surface area contributed by atoms with Crippen LogP contribution < -0.4 is 5.32 Å². The second-order valence-corrected chi connectivity index (χ2v) is 5.42. The van der Waals surface area contributed by atoms with E-state index < -0.39 is 12.1 Å². The second kappa shape index (κ2) is 5.73. The van der Waals surface area contributed by atoms with Crippen molar-refractivity contribution in [1.29, 1.82) is 0 Å². The molecule has 0 bridgehead atoms. The van der Waals surface area contributed by atoms with E-state index in [2.05, 4.69) is 10.3 Å². The first kappa shape index (κ1) is 15.3. The molecule has 0 saturated carbocycles. The summed E-state index contributed by atoms with van der Waals surface area (Å²) in [6, 6.07) is -0.403. The molecule has 0 aliphatic carbocycles. The van der Waals surface area contributed by atoms with Gasteiger partial charge in [0.1, 0.15) is 5.76 Å². The van der Waals surface area contributed by atoms with Gasteiger partial charge < -0.3 is 15.0 Å². The number of aryl methyl sites for hydroxylation is 1. The molecule has 0 aromatic carbocycles. The monoisotopic (exact) mass is 309 g/mol. The molecule has 1 aromatic rings. The Hall–Kier alpha value is -2.08. The first-order valence-electron chi connectivity index (χ1n) is 6.37. The summed E-state index contributed by atoms with van der Waals surface area (Å²) in [7, 11) is 3.14. The fraction of sp³-hybridized carbons (Fsp3) is 0.357. The average Bonchev–Trinajstić information content (AvgIpc) is 2.65. The molecular formula is C14H16ClN3O3. The Morgan fingerprint density at radius 2 is 2.10 bits per heavy atom. The Morgan fingerprint density at radius 1 is 1.43 bits per heavy atom. The Bertz CT molecular complexity index is 620. The van der Waals surface area contributed by atoms with Crippen molar-refractivity contribution in [3.05, 3.63) is 34.3 Å². The standard InChI is InChI=1S/C14H16ClN3O3/c1-7-5-16-6-9(15)10(7)11-12(8(2)17-13(11)19)21-14(20)18(3)4/h5-6,8H,1-4H3,(H,17,19). The lowest BCUT2D eigenvalue weighted by Gasteiger charge is -2.15. The molecule has 6 nitrogen and oxygen atoms in total. The summed E-state index contributed by atoms with van der Waals surface area (Å²) in [6.07, 6.45) is 2.52. The van der Waals surface area contributed by atoms with Gasteiger partial charge >= 0.3 is 6.09 Å². The summed E-state index contributed by atoms with van der Waals surface area (Å²) in [5.41, 5.74) is 1.55. The number of carbonyl (C=O) groups excluding carboxylic acids is 2. The van der Waals surface area contributed by atoms with Crippen LogP contribution in [-0.4, -0.2) is 42.0 Å². The molecule has 112 valence electrons. The fourth-order valence-electron chi connectivity index (χ4n) is 2.07. The van der Waals surface area contributed by atoms with Gasteiger partial charge in [0, 0.05) is 32.1 Å². The Kier molecular flexibility index (Phi) is 4.18. The highest BCUT2D eigenvalue weighted by Crippen LogP contribution is 2.33. The first-order valence-corrected chi connectivity index (χ1v) is 6.75. The van der Waals surface area contributed by atoms with Crippen molar-refractivity contribution >= 4 is 29.2 Å². The zero-order chi connectivity index (χ0) is 15.7. The van der Waals surface area contributed by atoms with Crippen molar-refractivity contribution in [3.8, 4) is 0 Å². The number of carbonyl (C=O) groups is 2. The lowest BCUT2D eigenvalue weighted by molar-refractivity contribution is -0.115. The van der Waals surface area contributed by atoms with Gasteiger partial charge in [-0.25, -0.2) is 4.79 Å². The van der Waals surface area contributed by atoms with Crippen LogP contribution in [0.2, 0.25) is 5.02 Å². The van der Waals surface area contributed by atoms with E-state index in [1.807, 2.05) is 0 Å². The molecule has 1 atom stereocenters.